The van der Waals surface area contributed by atoms with E-state index in [0.29, 0.717) is 0 Å². The Morgan fingerprint density at radius 2 is 2.05 bits per heavy atom. The van der Waals surface area contributed by atoms with Crippen molar-refractivity contribution in [2.24, 2.45) is 5.92 Å². The number of carbonyl (C=O) groups is 4. The summed E-state index contributed by atoms with van der Waals surface area (Å²) in [4.78, 5) is 47.0. The topological polar surface area (TPSA) is 89.5 Å². The fourth-order valence-corrected chi connectivity index (χ4v) is 2.28. The van der Waals surface area contributed by atoms with Crippen molar-refractivity contribution in [2.75, 3.05) is 17.8 Å². The van der Waals surface area contributed by atoms with Crippen LogP contribution in [-0.4, -0.2) is 35.9 Å². The summed E-state index contributed by atoms with van der Waals surface area (Å²) < 4.78 is 4.56. The molecule has 1 aliphatic rings. The Balaban J connectivity index is 2.44. The zero-order chi connectivity index (χ0) is 14.9. The summed E-state index contributed by atoms with van der Waals surface area (Å²) in [5.74, 6) is -3.67. The molecule has 0 radical (unpaired) electrons. The Labute approximate surface area is 122 Å². The second kappa shape index (κ2) is 5.54. The van der Waals surface area contributed by atoms with Crippen molar-refractivity contribution < 1.29 is 23.9 Å². The van der Waals surface area contributed by atoms with E-state index in [9.17, 15) is 19.2 Å². The minimum atomic E-state index is -1.34. The number of hydrogen-bond acceptors (Lipinski definition) is 5. The van der Waals surface area contributed by atoms with E-state index in [1.54, 1.807) is 0 Å². The monoisotopic (exact) mass is 339 g/mol. The predicted octanol–water partition coefficient (Wildman–Crippen LogP) is 1.19. The van der Waals surface area contributed by atoms with Crippen molar-refractivity contribution in [1.82, 2.24) is 0 Å². The van der Waals surface area contributed by atoms with E-state index in [4.69, 9.17) is 0 Å². The molecule has 2 rings (SSSR count). The number of amides is 1. The minimum Gasteiger partial charge on any atom is -0.465 e. The van der Waals surface area contributed by atoms with Gasteiger partial charge in [0.25, 0.3) is 0 Å². The molecule has 0 fully saturated rings. The average molecular weight is 340 g/mol. The number of carbonyl (C=O) groups excluding carboxylic acids is 4. The van der Waals surface area contributed by atoms with Crippen LogP contribution < -0.4 is 5.32 Å². The minimum absolute atomic E-state index is 0.0770. The molecule has 1 unspecified atom stereocenters. The van der Waals surface area contributed by atoms with Crippen molar-refractivity contribution in [3.05, 3.63) is 29.3 Å². The van der Waals surface area contributed by atoms with Gasteiger partial charge in [0, 0.05) is 5.56 Å². The quantitative estimate of drug-likeness (QED) is 0.507. The third-order valence-corrected chi connectivity index (χ3v) is 3.49. The lowest BCUT2D eigenvalue weighted by atomic mass is 9.88. The van der Waals surface area contributed by atoms with E-state index in [-0.39, 0.29) is 22.1 Å². The number of nitrogens with one attached hydrogen (secondary N) is 1. The van der Waals surface area contributed by atoms with Gasteiger partial charge in [-0.1, -0.05) is 15.9 Å². The number of alkyl halides is 1. The van der Waals surface area contributed by atoms with Gasteiger partial charge in [-0.3, -0.25) is 14.4 Å². The van der Waals surface area contributed by atoms with Gasteiger partial charge in [0.15, 0.2) is 17.5 Å². The number of hydrogen-bond donors (Lipinski definition) is 1. The summed E-state index contributed by atoms with van der Waals surface area (Å²) in [5.41, 5.74) is 0.627. The van der Waals surface area contributed by atoms with E-state index in [1.807, 2.05) is 0 Å². The van der Waals surface area contributed by atoms with Crippen LogP contribution in [0.4, 0.5) is 5.69 Å². The molecule has 0 spiro atoms. The molecule has 1 atom stereocenters. The van der Waals surface area contributed by atoms with Gasteiger partial charge in [-0.25, -0.2) is 4.79 Å². The van der Waals surface area contributed by atoms with Gasteiger partial charge in [-0.15, -0.1) is 0 Å². The fraction of sp³-hybridized carbons (Fsp3) is 0.231. The maximum Gasteiger partial charge on any atom is 0.337 e. The van der Waals surface area contributed by atoms with Crippen LogP contribution in [0.25, 0.3) is 0 Å². The van der Waals surface area contributed by atoms with E-state index in [0.717, 1.165) is 0 Å². The summed E-state index contributed by atoms with van der Waals surface area (Å²) in [6.45, 7) is 0. The van der Waals surface area contributed by atoms with E-state index < -0.39 is 29.4 Å². The molecular weight excluding hydrogens is 330 g/mol. The molecule has 0 aromatic heterocycles. The molecule has 1 heterocycles. The maximum absolute atomic E-state index is 12.2. The van der Waals surface area contributed by atoms with Gasteiger partial charge in [0.2, 0.25) is 5.91 Å². The lowest BCUT2D eigenvalue weighted by Gasteiger charge is -2.22. The van der Waals surface area contributed by atoms with E-state index in [2.05, 4.69) is 26.0 Å². The van der Waals surface area contributed by atoms with Crippen molar-refractivity contribution in [3.8, 4) is 0 Å². The first kappa shape index (κ1) is 14.4. The van der Waals surface area contributed by atoms with Gasteiger partial charge in [-0.2, -0.15) is 0 Å². The molecule has 0 bridgehead atoms. The highest BCUT2D eigenvalue weighted by molar-refractivity contribution is 9.09. The summed E-state index contributed by atoms with van der Waals surface area (Å²) in [6, 6.07) is 4.17. The third-order valence-electron chi connectivity index (χ3n) is 2.94. The predicted molar refractivity (Wildman–Crippen MR) is 73.0 cm³/mol. The molecule has 1 N–H and O–H groups in total. The van der Waals surface area contributed by atoms with Crippen LogP contribution >= 0.6 is 15.9 Å². The lowest BCUT2D eigenvalue weighted by Crippen LogP contribution is -2.41. The molecule has 0 aliphatic carbocycles. The first-order chi connectivity index (χ1) is 9.49. The molecule has 7 heteroatoms. The molecular formula is C13H10BrNO5. The highest BCUT2D eigenvalue weighted by Gasteiger charge is 2.39. The zero-order valence-electron chi connectivity index (χ0n) is 10.4. The van der Waals surface area contributed by atoms with Crippen molar-refractivity contribution in [2.45, 2.75) is 0 Å². The van der Waals surface area contributed by atoms with Gasteiger partial charge in [-0.05, 0) is 18.2 Å². The number of esters is 1. The zero-order valence-corrected chi connectivity index (χ0v) is 12.0. The molecule has 0 saturated carbocycles. The van der Waals surface area contributed by atoms with Gasteiger partial charge < -0.3 is 10.1 Å². The number of fused-ring (bicyclic) bond motifs is 1. The van der Waals surface area contributed by atoms with Crippen LogP contribution in [0.5, 0.6) is 0 Å². The molecule has 104 valence electrons. The molecule has 1 aromatic carbocycles. The normalized spacial score (nSPS) is 17.2. The fourth-order valence-electron chi connectivity index (χ4n) is 1.96. The van der Waals surface area contributed by atoms with Crippen molar-refractivity contribution in [1.29, 1.82) is 0 Å². The molecule has 0 saturated heterocycles. The van der Waals surface area contributed by atoms with Gasteiger partial charge in [0.05, 0.1) is 23.7 Å². The van der Waals surface area contributed by atoms with Crippen LogP contribution in [0.2, 0.25) is 0 Å². The number of anilines is 1. The number of ketones is 2. The smallest absolute Gasteiger partial charge is 0.337 e. The molecule has 1 aliphatic heterocycles. The van der Waals surface area contributed by atoms with E-state index in [1.165, 1.54) is 25.3 Å². The summed E-state index contributed by atoms with van der Waals surface area (Å²) in [6.07, 6.45) is 0. The summed E-state index contributed by atoms with van der Waals surface area (Å²) in [7, 11) is 1.23. The SMILES string of the molecule is COC(=O)c1ccc2c(c1)NC(=O)C(C(=O)CBr)C2=O. The third kappa shape index (κ3) is 2.36. The molecule has 20 heavy (non-hydrogen) atoms. The number of halogens is 1. The average Bonchev–Trinajstić information content (AvgIpc) is 2.45. The molecule has 1 aromatic rings. The van der Waals surface area contributed by atoms with Crippen LogP contribution in [0.15, 0.2) is 18.2 Å². The number of methoxy groups -OCH3 is 1. The molecule has 6 nitrogen and oxygen atoms in total. The summed E-state index contributed by atoms with van der Waals surface area (Å²) >= 11 is 2.94. The number of ether oxygens (including phenoxy) is 1. The first-order valence-electron chi connectivity index (χ1n) is 5.65. The van der Waals surface area contributed by atoms with Crippen LogP contribution in [0.1, 0.15) is 20.7 Å². The summed E-state index contributed by atoms with van der Waals surface area (Å²) in [5, 5.41) is 2.39. The Bertz CT molecular complexity index is 625. The number of rotatable bonds is 3. The Hall–Kier alpha value is -2.02. The number of benzene rings is 1. The Morgan fingerprint density at radius 1 is 1.35 bits per heavy atom. The van der Waals surface area contributed by atoms with Crippen molar-refractivity contribution >= 4 is 45.1 Å². The van der Waals surface area contributed by atoms with Gasteiger partial charge in [0.1, 0.15) is 0 Å². The first-order valence-corrected chi connectivity index (χ1v) is 6.78. The lowest BCUT2D eigenvalue weighted by molar-refractivity contribution is -0.127. The molecule has 1 amide bonds. The highest BCUT2D eigenvalue weighted by Crippen LogP contribution is 2.27. The maximum atomic E-state index is 12.2. The van der Waals surface area contributed by atoms with Gasteiger partial charge >= 0.3 is 5.97 Å². The standard InChI is InChI=1S/C13H10BrNO5/c1-20-13(19)6-2-3-7-8(4-6)15-12(18)10(11(7)17)9(16)5-14/h2-4,10H,5H2,1H3,(H,15,18). The number of Topliss-reactive ketones (excluding diaryl/α,β-unsaturated/α-hetero) is 2. The van der Waals surface area contributed by atoms with E-state index >= 15 is 0 Å². The van der Waals surface area contributed by atoms with Crippen LogP contribution in [-0.2, 0) is 14.3 Å². The van der Waals surface area contributed by atoms with Crippen molar-refractivity contribution in [3.63, 3.8) is 0 Å². The van der Waals surface area contributed by atoms with Crippen LogP contribution in [0, 0.1) is 5.92 Å². The second-order valence-corrected chi connectivity index (χ2v) is 4.70. The Kier molecular flexibility index (Phi) is 3.99. The Morgan fingerprint density at radius 3 is 2.65 bits per heavy atom. The second-order valence-electron chi connectivity index (χ2n) is 4.14. The highest BCUT2D eigenvalue weighted by atomic mass is 79.9. The van der Waals surface area contributed by atoms with Crippen LogP contribution in [0.3, 0.4) is 0 Å². The largest absolute Gasteiger partial charge is 0.465 e.